The molecule has 130 valence electrons. The molecule has 7 heteroatoms. The predicted octanol–water partition coefficient (Wildman–Crippen LogP) is 2.78. The third-order valence-electron chi connectivity index (χ3n) is 3.23. The molecule has 2 rings (SSSR count). The number of hydrogen-bond acceptors (Lipinski definition) is 6. The minimum atomic E-state index is -0.861. The molecule has 1 N–H and O–H groups in total. The van der Waals surface area contributed by atoms with E-state index < -0.39 is 12.1 Å². The molecule has 1 fully saturated rings. The van der Waals surface area contributed by atoms with E-state index in [0.717, 1.165) is 0 Å². The van der Waals surface area contributed by atoms with Crippen LogP contribution in [-0.2, 0) is 14.3 Å². The number of rotatable bonds is 8. The summed E-state index contributed by atoms with van der Waals surface area (Å²) in [6.45, 7) is 5.12. The molecule has 1 aromatic rings. The van der Waals surface area contributed by atoms with Gasteiger partial charge in [-0.05, 0) is 24.6 Å². The van der Waals surface area contributed by atoms with E-state index in [2.05, 4.69) is 11.9 Å². The third-order valence-corrected chi connectivity index (χ3v) is 6.33. The number of amides is 1. The van der Waals surface area contributed by atoms with Crippen molar-refractivity contribution in [3.05, 3.63) is 42.5 Å². The Balaban J connectivity index is 1.74. The van der Waals surface area contributed by atoms with Crippen LogP contribution < -0.4 is 10.1 Å². The molecule has 1 aliphatic heterocycles. The van der Waals surface area contributed by atoms with Crippen molar-refractivity contribution >= 4 is 35.4 Å². The van der Waals surface area contributed by atoms with Crippen LogP contribution in [0.3, 0.4) is 0 Å². The molecule has 1 saturated heterocycles. The molecule has 0 spiro atoms. The quantitative estimate of drug-likeness (QED) is 0.563. The van der Waals surface area contributed by atoms with Crippen LogP contribution in [0.4, 0.5) is 0 Å². The summed E-state index contributed by atoms with van der Waals surface area (Å²) < 4.78 is 10.9. The van der Waals surface area contributed by atoms with Gasteiger partial charge in [-0.25, -0.2) is 4.79 Å². The lowest BCUT2D eigenvalue weighted by molar-refractivity contribution is -0.156. The summed E-state index contributed by atoms with van der Waals surface area (Å²) >= 11 is 3.88. The Kier molecular flexibility index (Phi) is 7.52. The van der Waals surface area contributed by atoms with E-state index in [1.54, 1.807) is 6.08 Å². The summed E-state index contributed by atoms with van der Waals surface area (Å²) in [6.07, 6.45) is 0.696. The molecule has 0 aliphatic carbocycles. The molecule has 1 aliphatic rings. The Morgan fingerprint density at radius 3 is 2.62 bits per heavy atom. The van der Waals surface area contributed by atoms with Crippen LogP contribution in [-0.4, -0.2) is 42.6 Å². The van der Waals surface area contributed by atoms with Crippen molar-refractivity contribution in [3.63, 3.8) is 0 Å². The Bertz CT molecular complexity index is 570. The molecule has 0 saturated carbocycles. The van der Waals surface area contributed by atoms with Gasteiger partial charge in [0.15, 0.2) is 12.7 Å². The minimum Gasteiger partial charge on any atom is -0.482 e. The SMILES string of the molecule is C=CCNC(=O)[C@H](C)OC(=O)COc1ccc(C2SCCS2)cc1. The third kappa shape index (κ3) is 5.79. The van der Waals surface area contributed by atoms with E-state index >= 15 is 0 Å². The zero-order valence-corrected chi connectivity index (χ0v) is 15.2. The number of hydrogen-bond donors (Lipinski definition) is 1. The van der Waals surface area contributed by atoms with Crippen molar-refractivity contribution in [2.75, 3.05) is 24.7 Å². The van der Waals surface area contributed by atoms with Gasteiger partial charge in [0.2, 0.25) is 0 Å². The maximum atomic E-state index is 11.7. The van der Waals surface area contributed by atoms with Crippen LogP contribution >= 0.6 is 23.5 Å². The maximum Gasteiger partial charge on any atom is 0.344 e. The van der Waals surface area contributed by atoms with E-state index in [9.17, 15) is 9.59 Å². The van der Waals surface area contributed by atoms with Gasteiger partial charge in [-0.15, -0.1) is 30.1 Å². The van der Waals surface area contributed by atoms with E-state index in [0.29, 0.717) is 16.9 Å². The number of carbonyl (C=O) groups excluding carboxylic acids is 2. The van der Waals surface area contributed by atoms with Gasteiger partial charge in [-0.2, -0.15) is 0 Å². The van der Waals surface area contributed by atoms with Gasteiger partial charge in [-0.1, -0.05) is 18.2 Å². The van der Waals surface area contributed by atoms with Gasteiger partial charge in [0.1, 0.15) is 5.75 Å². The van der Waals surface area contributed by atoms with Crippen molar-refractivity contribution in [3.8, 4) is 5.75 Å². The Labute approximate surface area is 150 Å². The Hall–Kier alpha value is -1.60. The van der Waals surface area contributed by atoms with Crippen molar-refractivity contribution in [1.82, 2.24) is 5.32 Å². The molecule has 1 atom stereocenters. The summed E-state index contributed by atoms with van der Waals surface area (Å²) in [7, 11) is 0. The lowest BCUT2D eigenvalue weighted by Crippen LogP contribution is -2.36. The molecule has 1 amide bonds. The minimum absolute atomic E-state index is 0.231. The highest BCUT2D eigenvalue weighted by Crippen LogP contribution is 2.45. The molecule has 0 aromatic heterocycles. The highest BCUT2D eigenvalue weighted by Gasteiger charge is 2.19. The van der Waals surface area contributed by atoms with Crippen LogP contribution in [0.1, 0.15) is 17.1 Å². The lowest BCUT2D eigenvalue weighted by atomic mass is 10.2. The molecular weight excluding hydrogens is 346 g/mol. The lowest BCUT2D eigenvalue weighted by Gasteiger charge is -2.13. The maximum absolute atomic E-state index is 11.7. The van der Waals surface area contributed by atoms with E-state index in [-0.39, 0.29) is 12.5 Å². The number of carbonyl (C=O) groups is 2. The second kappa shape index (κ2) is 9.64. The first-order valence-electron chi connectivity index (χ1n) is 7.64. The summed E-state index contributed by atoms with van der Waals surface area (Å²) in [5.74, 6) is 2.02. The van der Waals surface area contributed by atoms with Crippen molar-refractivity contribution < 1.29 is 19.1 Å². The topological polar surface area (TPSA) is 64.6 Å². The normalized spacial score (nSPS) is 15.5. The van der Waals surface area contributed by atoms with Crippen LogP contribution in [0, 0.1) is 0 Å². The van der Waals surface area contributed by atoms with Crippen LogP contribution in [0.25, 0.3) is 0 Å². The number of thioether (sulfide) groups is 2. The van der Waals surface area contributed by atoms with E-state index in [1.807, 2.05) is 47.8 Å². The zero-order chi connectivity index (χ0) is 17.4. The summed E-state index contributed by atoms with van der Waals surface area (Å²) in [6, 6.07) is 7.73. The molecule has 24 heavy (non-hydrogen) atoms. The molecule has 1 heterocycles. The van der Waals surface area contributed by atoms with Crippen molar-refractivity contribution in [2.45, 2.75) is 17.6 Å². The first kappa shape index (κ1) is 18.7. The van der Waals surface area contributed by atoms with Gasteiger partial charge in [0.05, 0.1) is 4.58 Å². The number of nitrogens with one attached hydrogen (secondary N) is 1. The van der Waals surface area contributed by atoms with E-state index in [4.69, 9.17) is 9.47 Å². The second-order valence-corrected chi connectivity index (χ2v) is 7.82. The summed E-state index contributed by atoms with van der Waals surface area (Å²) in [5.41, 5.74) is 1.25. The fourth-order valence-electron chi connectivity index (χ4n) is 2.02. The average Bonchev–Trinajstić information content (AvgIpc) is 3.12. The predicted molar refractivity (Wildman–Crippen MR) is 98.4 cm³/mol. The summed E-state index contributed by atoms with van der Waals surface area (Å²) in [4.78, 5) is 23.3. The zero-order valence-electron chi connectivity index (χ0n) is 13.5. The number of esters is 1. The van der Waals surface area contributed by atoms with E-state index in [1.165, 1.54) is 24.0 Å². The highest BCUT2D eigenvalue weighted by atomic mass is 32.2. The van der Waals surface area contributed by atoms with Crippen molar-refractivity contribution in [2.24, 2.45) is 0 Å². The van der Waals surface area contributed by atoms with Gasteiger partial charge >= 0.3 is 5.97 Å². The van der Waals surface area contributed by atoms with Crippen LogP contribution in [0.2, 0.25) is 0 Å². The van der Waals surface area contributed by atoms with Crippen LogP contribution in [0.5, 0.6) is 5.75 Å². The fraction of sp³-hybridized carbons (Fsp3) is 0.412. The molecule has 0 radical (unpaired) electrons. The average molecular weight is 367 g/mol. The van der Waals surface area contributed by atoms with Gasteiger partial charge in [-0.3, -0.25) is 4.79 Å². The highest BCUT2D eigenvalue weighted by molar-refractivity contribution is 8.19. The first-order valence-corrected chi connectivity index (χ1v) is 9.74. The summed E-state index contributed by atoms with van der Waals surface area (Å²) in [5, 5.41) is 2.57. The Morgan fingerprint density at radius 2 is 2.00 bits per heavy atom. The largest absolute Gasteiger partial charge is 0.482 e. The van der Waals surface area contributed by atoms with Crippen LogP contribution in [0.15, 0.2) is 36.9 Å². The van der Waals surface area contributed by atoms with Gasteiger partial charge in [0.25, 0.3) is 5.91 Å². The van der Waals surface area contributed by atoms with Gasteiger partial charge < -0.3 is 14.8 Å². The molecule has 1 aromatic carbocycles. The van der Waals surface area contributed by atoms with Crippen molar-refractivity contribution in [1.29, 1.82) is 0 Å². The molecule has 0 bridgehead atoms. The molecular formula is C17H21NO4S2. The van der Waals surface area contributed by atoms with Gasteiger partial charge in [0, 0.05) is 18.1 Å². The number of ether oxygens (including phenoxy) is 2. The monoisotopic (exact) mass is 367 g/mol. The fourth-order valence-corrected chi connectivity index (χ4v) is 4.87. The number of benzene rings is 1. The molecule has 0 unspecified atom stereocenters. The molecule has 5 nitrogen and oxygen atoms in total. The first-order chi connectivity index (χ1) is 11.6. The smallest absolute Gasteiger partial charge is 0.344 e. The second-order valence-electron chi connectivity index (χ2n) is 5.10. The Morgan fingerprint density at radius 1 is 1.33 bits per heavy atom. The standard InChI is InChI=1S/C17H21NO4S2/c1-3-8-18-16(20)12(2)22-15(19)11-21-14-6-4-13(5-7-14)17-23-9-10-24-17/h3-7,12,17H,1,8-11H2,2H3,(H,18,20)/t12-/m0/s1.